The second kappa shape index (κ2) is 4.66. The lowest BCUT2D eigenvalue weighted by atomic mass is 10.2. The van der Waals surface area contributed by atoms with Crippen molar-refractivity contribution in [3.8, 4) is 0 Å². The third-order valence-electron chi connectivity index (χ3n) is 1.56. The molecule has 0 saturated heterocycles. The monoisotopic (exact) mass is 185 g/mol. The van der Waals surface area contributed by atoms with E-state index in [9.17, 15) is 0 Å². The molecule has 0 radical (unpaired) electrons. The minimum atomic E-state index is 0.321. The van der Waals surface area contributed by atoms with Crippen LogP contribution in [0.3, 0.4) is 0 Å². The molecule has 6 nitrogen and oxygen atoms in total. The van der Waals surface area contributed by atoms with Gasteiger partial charge in [0.15, 0.2) is 0 Å². The number of nitrogens with one attached hydrogen (secondary N) is 2. The fraction of sp³-hybridized carbons (Fsp3) is 0.714. The zero-order valence-corrected chi connectivity index (χ0v) is 7.87. The van der Waals surface area contributed by atoms with Crippen molar-refractivity contribution in [3.63, 3.8) is 0 Å². The van der Waals surface area contributed by atoms with Gasteiger partial charge < -0.3 is 15.8 Å². The predicted molar refractivity (Wildman–Crippen MR) is 50.3 cm³/mol. The molecule has 0 aliphatic rings. The first-order chi connectivity index (χ1) is 6.22. The van der Waals surface area contributed by atoms with E-state index in [4.69, 9.17) is 10.5 Å². The maximum Gasteiger partial charge on any atom is 0.243 e. The fourth-order valence-corrected chi connectivity index (χ4v) is 0.962. The van der Waals surface area contributed by atoms with Gasteiger partial charge in [-0.25, -0.2) is 5.10 Å². The van der Waals surface area contributed by atoms with Gasteiger partial charge in [-0.1, -0.05) is 6.92 Å². The van der Waals surface area contributed by atoms with Crippen LogP contribution in [-0.4, -0.2) is 35.4 Å². The van der Waals surface area contributed by atoms with Crippen LogP contribution in [0.4, 0.5) is 11.9 Å². The van der Waals surface area contributed by atoms with Gasteiger partial charge in [-0.2, -0.15) is 4.98 Å². The van der Waals surface area contributed by atoms with E-state index < -0.39 is 0 Å². The summed E-state index contributed by atoms with van der Waals surface area (Å²) in [6, 6.07) is 0. The van der Waals surface area contributed by atoms with Crippen LogP contribution in [0.2, 0.25) is 0 Å². The molecule has 1 rings (SSSR count). The topological polar surface area (TPSA) is 88.8 Å². The second-order valence-electron chi connectivity index (χ2n) is 2.99. The van der Waals surface area contributed by atoms with Crippen molar-refractivity contribution in [2.24, 2.45) is 5.92 Å². The number of nitrogens with two attached hydrogens (primary N) is 1. The Labute approximate surface area is 76.9 Å². The van der Waals surface area contributed by atoms with Gasteiger partial charge in [0.2, 0.25) is 11.9 Å². The molecule has 1 aromatic heterocycles. The van der Waals surface area contributed by atoms with Crippen LogP contribution in [0.15, 0.2) is 0 Å². The van der Waals surface area contributed by atoms with Crippen molar-refractivity contribution in [2.75, 3.05) is 31.3 Å². The Morgan fingerprint density at radius 3 is 3.00 bits per heavy atom. The normalized spacial score (nSPS) is 12.8. The summed E-state index contributed by atoms with van der Waals surface area (Å²) in [6.07, 6.45) is 0. The number of methoxy groups -OCH3 is 1. The molecule has 0 saturated carbocycles. The van der Waals surface area contributed by atoms with Gasteiger partial charge in [0.1, 0.15) is 0 Å². The SMILES string of the molecule is COCC(C)CNc1n[nH]c(N)n1. The van der Waals surface area contributed by atoms with Crippen LogP contribution in [0.1, 0.15) is 6.92 Å². The zero-order valence-electron chi connectivity index (χ0n) is 7.87. The average molecular weight is 185 g/mol. The van der Waals surface area contributed by atoms with Gasteiger partial charge in [-0.15, -0.1) is 5.10 Å². The maximum atomic E-state index is 5.35. The molecule has 0 spiro atoms. The van der Waals surface area contributed by atoms with E-state index in [1.807, 2.05) is 0 Å². The molecular formula is C7H15N5O. The third-order valence-corrected chi connectivity index (χ3v) is 1.56. The standard InChI is InChI=1S/C7H15N5O/c1-5(4-13-2)3-9-7-10-6(8)11-12-7/h5H,3-4H2,1-2H3,(H4,8,9,10,11,12). The molecule has 1 aromatic rings. The van der Waals surface area contributed by atoms with Crippen LogP contribution in [0.25, 0.3) is 0 Å². The summed E-state index contributed by atoms with van der Waals surface area (Å²) >= 11 is 0. The number of hydrogen-bond acceptors (Lipinski definition) is 5. The molecule has 0 amide bonds. The van der Waals surface area contributed by atoms with Gasteiger partial charge in [-0.3, -0.25) is 0 Å². The smallest absolute Gasteiger partial charge is 0.243 e. The molecule has 1 atom stereocenters. The number of anilines is 2. The van der Waals surface area contributed by atoms with Crippen molar-refractivity contribution in [1.82, 2.24) is 15.2 Å². The number of aromatic amines is 1. The van der Waals surface area contributed by atoms with Crippen molar-refractivity contribution < 1.29 is 4.74 Å². The van der Waals surface area contributed by atoms with Crippen LogP contribution < -0.4 is 11.1 Å². The van der Waals surface area contributed by atoms with Crippen molar-refractivity contribution in [1.29, 1.82) is 0 Å². The Hall–Kier alpha value is -1.30. The largest absolute Gasteiger partial charge is 0.384 e. The predicted octanol–water partition coefficient (Wildman–Crippen LogP) is 0.0813. The van der Waals surface area contributed by atoms with Crippen LogP contribution >= 0.6 is 0 Å². The summed E-state index contributed by atoms with van der Waals surface area (Å²) in [4.78, 5) is 3.90. The summed E-state index contributed by atoms with van der Waals surface area (Å²) in [7, 11) is 1.68. The van der Waals surface area contributed by atoms with Crippen LogP contribution in [-0.2, 0) is 4.74 Å². The fourth-order valence-electron chi connectivity index (χ4n) is 0.962. The molecule has 1 unspecified atom stereocenters. The Morgan fingerprint density at radius 1 is 1.69 bits per heavy atom. The maximum absolute atomic E-state index is 5.35. The van der Waals surface area contributed by atoms with Crippen LogP contribution in [0, 0.1) is 5.92 Å². The number of aromatic nitrogens is 3. The van der Waals surface area contributed by atoms with Gasteiger partial charge in [0.05, 0.1) is 6.61 Å². The number of nitrogens with zero attached hydrogens (tertiary/aromatic N) is 2. The highest BCUT2D eigenvalue weighted by atomic mass is 16.5. The average Bonchev–Trinajstić information content (AvgIpc) is 2.49. The first-order valence-electron chi connectivity index (χ1n) is 4.13. The molecule has 0 aliphatic heterocycles. The minimum absolute atomic E-state index is 0.321. The van der Waals surface area contributed by atoms with Gasteiger partial charge in [-0.05, 0) is 5.92 Å². The Kier molecular flexibility index (Phi) is 3.51. The molecule has 0 bridgehead atoms. The number of hydrogen-bond donors (Lipinski definition) is 3. The number of rotatable bonds is 5. The lowest BCUT2D eigenvalue weighted by Gasteiger charge is -2.09. The summed E-state index contributed by atoms with van der Waals surface area (Å²) in [5.41, 5.74) is 5.35. The first-order valence-corrected chi connectivity index (χ1v) is 4.13. The summed E-state index contributed by atoms with van der Waals surface area (Å²) in [5, 5.41) is 9.42. The highest BCUT2D eigenvalue weighted by Gasteiger charge is 2.03. The lowest BCUT2D eigenvalue weighted by Crippen LogP contribution is -2.16. The Balaban J connectivity index is 2.26. The molecular weight excluding hydrogens is 170 g/mol. The summed E-state index contributed by atoms with van der Waals surface area (Å²) in [6.45, 7) is 3.56. The third kappa shape index (κ3) is 3.29. The molecule has 0 fully saturated rings. The minimum Gasteiger partial charge on any atom is -0.384 e. The van der Waals surface area contributed by atoms with E-state index in [-0.39, 0.29) is 0 Å². The van der Waals surface area contributed by atoms with Crippen molar-refractivity contribution in [3.05, 3.63) is 0 Å². The second-order valence-corrected chi connectivity index (χ2v) is 2.99. The van der Waals surface area contributed by atoms with Gasteiger partial charge >= 0.3 is 0 Å². The van der Waals surface area contributed by atoms with E-state index in [1.165, 1.54) is 0 Å². The van der Waals surface area contributed by atoms with Gasteiger partial charge in [0.25, 0.3) is 0 Å². The molecule has 74 valence electrons. The Morgan fingerprint density at radius 2 is 2.46 bits per heavy atom. The highest BCUT2D eigenvalue weighted by Crippen LogP contribution is 2.01. The molecule has 6 heteroatoms. The first kappa shape index (κ1) is 9.79. The van der Waals surface area contributed by atoms with E-state index in [2.05, 4.69) is 27.4 Å². The molecule has 1 heterocycles. The number of ether oxygens (including phenoxy) is 1. The molecule has 4 N–H and O–H groups in total. The van der Waals surface area contributed by atoms with E-state index in [0.717, 1.165) is 6.54 Å². The van der Waals surface area contributed by atoms with Gasteiger partial charge in [0, 0.05) is 13.7 Å². The zero-order chi connectivity index (χ0) is 9.68. The van der Waals surface area contributed by atoms with Crippen LogP contribution in [0.5, 0.6) is 0 Å². The van der Waals surface area contributed by atoms with E-state index in [1.54, 1.807) is 7.11 Å². The highest BCUT2D eigenvalue weighted by molar-refractivity contribution is 5.29. The lowest BCUT2D eigenvalue weighted by molar-refractivity contribution is 0.164. The van der Waals surface area contributed by atoms with E-state index in [0.29, 0.717) is 24.4 Å². The number of H-pyrrole nitrogens is 1. The van der Waals surface area contributed by atoms with Crippen molar-refractivity contribution in [2.45, 2.75) is 6.92 Å². The van der Waals surface area contributed by atoms with E-state index >= 15 is 0 Å². The summed E-state index contributed by atoms with van der Waals surface area (Å²) in [5.74, 6) is 1.27. The quantitative estimate of drug-likeness (QED) is 0.604. The molecule has 0 aliphatic carbocycles. The molecule has 13 heavy (non-hydrogen) atoms. The summed E-state index contributed by atoms with van der Waals surface area (Å²) < 4.78 is 4.98. The number of nitrogen functional groups attached to an aromatic ring is 1. The Bertz CT molecular complexity index is 249. The van der Waals surface area contributed by atoms with Crippen molar-refractivity contribution >= 4 is 11.9 Å². The molecule has 0 aromatic carbocycles.